The van der Waals surface area contributed by atoms with Gasteiger partial charge in [0.25, 0.3) is 0 Å². The minimum atomic E-state index is -0.275. The van der Waals surface area contributed by atoms with Gasteiger partial charge >= 0.3 is 0 Å². The van der Waals surface area contributed by atoms with Crippen molar-refractivity contribution < 1.29 is 9.18 Å². The molecule has 2 N–H and O–H groups in total. The standard InChI is InChI=1S/C29H29FN2O/c1-4-8-20(3)15-24(18-26(31)5-2)29(33)17-21-9-6-7-10-27-23(16-21)19-28(32-27)22-11-13-25(30)14-12-22/h5-7,9-14,16,18-19,31-32H,2-4,8,15,17H2,1H3/b7-6?,9-6-,10-7+,21-9?,21-16+,23-16?,24-18+,27-10?,31-26?. The molecule has 3 rings (SSSR count). The summed E-state index contributed by atoms with van der Waals surface area (Å²) in [4.78, 5) is 16.6. The molecule has 1 aliphatic carbocycles. The summed E-state index contributed by atoms with van der Waals surface area (Å²) in [6.45, 7) is 9.79. The molecule has 4 heteroatoms. The number of aromatic nitrogens is 1. The van der Waals surface area contributed by atoms with Crippen LogP contribution in [0.4, 0.5) is 4.39 Å². The average molecular weight is 441 g/mol. The normalized spacial score (nSPS) is 16.5. The molecule has 0 aliphatic heterocycles. The van der Waals surface area contributed by atoms with Crippen molar-refractivity contribution in [1.29, 1.82) is 5.41 Å². The van der Waals surface area contributed by atoms with Crippen molar-refractivity contribution in [2.24, 2.45) is 0 Å². The molecule has 0 saturated heterocycles. The van der Waals surface area contributed by atoms with Crippen LogP contribution in [0, 0.1) is 11.2 Å². The number of benzene rings is 1. The fourth-order valence-corrected chi connectivity index (χ4v) is 3.70. The summed E-state index contributed by atoms with van der Waals surface area (Å²) in [6.07, 6.45) is 15.2. The SMILES string of the molecule is C=CC(=N)/C=C(\CC(=C)CCC)C(=O)CC1=C/c2cc(-c3ccc(F)cc3)[nH]c2/C=C/C=C\1. The third-order valence-electron chi connectivity index (χ3n) is 5.38. The molecular weight excluding hydrogens is 411 g/mol. The van der Waals surface area contributed by atoms with Crippen molar-refractivity contribution in [3.63, 3.8) is 0 Å². The molecule has 3 nitrogen and oxygen atoms in total. The van der Waals surface area contributed by atoms with Crippen molar-refractivity contribution in [2.45, 2.75) is 32.6 Å². The maximum absolute atomic E-state index is 13.3. The topological polar surface area (TPSA) is 56.7 Å². The molecule has 0 unspecified atom stereocenters. The predicted molar refractivity (Wildman–Crippen MR) is 137 cm³/mol. The van der Waals surface area contributed by atoms with E-state index < -0.39 is 0 Å². The number of hydrogen-bond donors (Lipinski definition) is 2. The van der Waals surface area contributed by atoms with E-state index in [-0.39, 0.29) is 23.7 Å². The van der Waals surface area contributed by atoms with Crippen molar-refractivity contribution in [3.05, 3.63) is 108 Å². The van der Waals surface area contributed by atoms with Gasteiger partial charge in [0, 0.05) is 28.9 Å². The quantitative estimate of drug-likeness (QED) is 0.223. The van der Waals surface area contributed by atoms with E-state index in [0.29, 0.717) is 12.0 Å². The van der Waals surface area contributed by atoms with Gasteiger partial charge in [0.15, 0.2) is 5.78 Å². The molecule has 0 bridgehead atoms. The fourth-order valence-electron chi connectivity index (χ4n) is 3.70. The van der Waals surface area contributed by atoms with Gasteiger partial charge in [0.1, 0.15) is 5.82 Å². The van der Waals surface area contributed by atoms with Crippen LogP contribution in [0.5, 0.6) is 0 Å². The van der Waals surface area contributed by atoms with E-state index in [9.17, 15) is 9.18 Å². The summed E-state index contributed by atoms with van der Waals surface area (Å²) < 4.78 is 13.3. The van der Waals surface area contributed by atoms with Crippen molar-refractivity contribution >= 4 is 23.6 Å². The van der Waals surface area contributed by atoms with Gasteiger partial charge in [-0.25, -0.2) is 4.39 Å². The summed E-state index contributed by atoms with van der Waals surface area (Å²) in [5.74, 6) is -0.307. The molecular formula is C29H29FN2O. The minimum absolute atomic E-state index is 0.0323. The van der Waals surface area contributed by atoms with Crippen LogP contribution in [0.2, 0.25) is 0 Å². The van der Waals surface area contributed by atoms with E-state index in [2.05, 4.69) is 25.1 Å². The lowest BCUT2D eigenvalue weighted by molar-refractivity contribution is -0.115. The van der Waals surface area contributed by atoms with Crippen LogP contribution < -0.4 is 0 Å². The third-order valence-corrected chi connectivity index (χ3v) is 5.38. The Morgan fingerprint density at radius 2 is 1.91 bits per heavy atom. The van der Waals surface area contributed by atoms with Crippen LogP contribution >= 0.6 is 0 Å². The zero-order chi connectivity index (χ0) is 23.8. The number of fused-ring (bicyclic) bond motifs is 1. The number of halogens is 1. The smallest absolute Gasteiger partial charge is 0.163 e. The van der Waals surface area contributed by atoms with Gasteiger partial charge in [-0.05, 0) is 78.6 Å². The van der Waals surface area contributed by atoms with E-state index in [1.165, 1.54) is 18.2 Å². The molecule has 0 amide bonds. The summed E-state index contributed by atoms with van der Waals surface area (Å²) in [7, 11) is 0. The molecule has 0 radical (unpaired) electrons. The number of ketones is 1. The summed E-state index contributed by atoms with van der Waals surface area (Å²) in [5.41, 5.74) is 6.28. The molecule has 0 fully saturated rings. The van der Waals surface area contributed by atoms with E-state index in [4.69, 9.17) is 5.41 Å². The molecule has 0 spiro atoms. The van der Waals surface area contributed by atoms with Gasteiger partial charge in [-0.15, -0.1) is 0 Å². The summed E-state index contributed by atoms with van der Waals surface area (Å²) >= 11 is 0. The number of H-pyrrole nitrogens is 1. The highest BCUT2D eigenvalue weighted by Gasteiger charge is 2.15. The lowest BCUT2D eigenvalue weighted by Gasteiger charge is -2.10. The second kappa shape index (κ2) is 11.2. The Morgan fingerprint density at radius 1 is 1.18 bits per heavy atom. The molecule has 1 aromatic heterocycles. The number of nitrogens with one attached hydrogen (secondary N) is 2. The second-order valence-corrected chi connectivity index (χ2v) is 8.10. The van der Waals surface area contributed by atoms with Crippen molar-refractivity contribution in [3.8, 4) is 11.3 Å². The number of Topliss-reactive ketones (excluding diaryl/α,β-unsaturated/α-hetero) is 1. The monoisotopic (exact) mass is 440 g/mol. The van der Waals surface area contributed by atoms with Crippen molar-refractivity contribution in [2.75, 3.05) is 0 Å². The molecule has 0 saturated carbocycles. The molecule has 2 aromatic rings. The first-order valence-electron chi connectivity index (χ1n) is 11.0. The Balaban J connectivity index is 1.88. The first-order chi connectivity index (χ1) is 15.9. The Kier molecular flexibility index (Phi) is 8.09. The zero-order valence-electron chi connectivity index (χ0n) is 19.0. The summed E-state index contributed by atoms with van der Waals surface area (Å²) in [5, 5.41) is 7.94. The van der Waals surface area contributed by atoms with Gasteiger partial charge in [-0.2, -0.15) is 0 Å². The van der Waals surface area contributed by atoms with Gasteiger partial charge in [0.2, 0.25) is 0 Å². The largest absolute Gasteiger partial charge is 0.355 e. The van der Waals surface area contributed by atoms with Crippen LogP contribution in [0.25, 0.3) is 23.4 Å². The Hall–Kier alpha value is -3.79. The molecule has 1 aliphatic rings. The average Bonchev–Trinajstić information content (AvgIpc) is 3.16. The molecule has 0 atom stereocenters. The van der Waals surface area contributed by atoms with Gasteiger partial charge in [-0.1, -0.05) is 50.3 Å². The fraction of sp³-hybridized carbons (Fsp3) is 0.172. The van der Waals surface area contributed by atoms with Gasteiger partial charge < -0.3 is 10.4 Å². The highest BCUT2D eigenvalue weighted by Crippen LogP contribution is 2.27. The Bertz CT molecular complexity index is 1190. The Labute approximate surface area is 195 Å². The van der Waals surface area contributed by atoms with E-state index in [1.54, 1.807) is 18.2 Å². The van der Waals surface area contributed by atoms with Crippen LogP contribution in [-0.2, 0) is 4.79 Å². The third kappa shape index (κ3) is 6.59. The maximum atomic E-state index is 13.3. The maximum Gasteiger partial charge on any atom is 0.163 e. The zero-order valence-corrected chi connectivity index (χ0v) is 19.0. The number of carbonyl (C=O) groups is 1. The highest BCUT2D eigenvalue weighted by molar-refractivity contribution is 6.09. The van der Waals surface area contributed by atoms with Gasteiger partial charge in [-0.3, -0.25) is 4.79 Å². The summed E-state index contributed by atoms with van der Waals surface area (Å²) in [6, 6.07) is 8.35. The second-order valence-electron chi connectivity index (χ2n) is 8.10. The molecule has 168 valence electrons. The number of carbonyl (C=O) groups excluding carboxylic acids is 1. The number of rotatable bonds is 10. The van der Waals surface area contributed by atoms with Crippen LogP contribution in [-0.4, -0.2) is 16.5 Å². The number of aromatic amines is 1. The van der Waals surface area contributed by atoms with Crippen LogP contribution in [0.1, 0.15) is 43.9 Å². The lowest BCUT2D eigenvalue weighted by Crippen LogP contribution is -2.07. The molecule has 1 heterocycles. The minimum Gasteiger partial charge on any atom is -0.355 e. The molecule has 1 aromatic carbocycles. The molecule has 33 heavy (non-hydrogen) atoms. The first-order valence-corrected chi connectivity index (χ1v) is 11.0. The van der Waals surface area contributed by atoms with E-state index in [1.807, 2.05) is 36.4 Å². The van der Waals surface area contributed by atoms with Crippen LogP contribution in [0.15, 0.2) is 90.6 Å². The highest BCUT2D eigenvalue weighted by atomic mass is 19.1. The first kappa shape index (κ1) is 23.9. The van der Waals surface area contributed by atoms with E-state index in [0.717, 1.165) is 46.5 Å². The van der Waals surface area contributed by atoms with Crippen LogP contribution in [0.3, 0.4) is 0 Å². The van der Waals surface area contributed by atoms with E-state index >= 15 is 0 Å². The Morgan fingerprint density at radius 3 is 2.61 bits per heavy atom. The predicted octanol–water partition coefficient (Wildman–Crippen LogP) is 7.62. The van der Waals surface area contributed by atoms with Crippen molar-refractivity contribution in [1.82, 2.24) is 4.98 Å². The van der Waals surface area contributed by atoms with Gasteiger partial charge in [0.05, 0.1) is 5.71 Å². The lowest BCUT2D eigenvalue weighted by atomic mass is 9.93. The number of hydrogen-bond acceptors (Lipinski definition) is 2. The number of allylic oxidation sites excluding steroid dienone is 8.